The Morgan fingerprint density at radius 2 is 1.88 bits per heavy atom. The van der Waals surface area contributed by atoms with Crippen molar-refractivity contribution in [3.05, 3.63) is 57.0 Å². The number of dihydropyridines is 1. The Labute approximate surface area is 140 Å². The fourth-order valence-corrected chi connectivity index (χ4v) is 2.43. The van der Waals surface area contributed by atoms with Crippen LogP contribution in [-0.4, -0.2) is 28.7 Å². The summed E-state index contributed by atoms with van der Waals surface area (Å²) >= 11 is 0. The van der Waals surface area contributed by atoms with Gasteiger partial charge in [-0.25, -0.2) is 4.79 Å². The molecule has 1 aromatic carbocycles. The van der Waals surface area contributed by atoms with Crippen LogP contribution in [-0.2, 0) is 4.79 Å². The van der Waals surface area contributed by atoms with Gasteiger partial charge in [0.25, 0.3) is 0 Å². The molecule has 0 saturated carbocycles. The summed E-state index contributed by atoms with van der Waals surface area (Å²) in [5, 5.41) is 23.4. The number of rotatable bonds is 6. The summed E-state index contributed by atoms with van der Waals surface area (Å²) in [6.07, 6.45) is -1.60. The molecule has 2 rings (SSSR count). The van der Waals surface area contributed by atoms with E-state index in [4.69, 9.17) is 4.74 Å². The predicted octanol–water partition coefficient (Wildman–Crippen LogP) is 2.51. The molecule has 1 heterocycles. The lowest BCUT2D eigenvalue weighted by atomic mass is 9.99. The second-order valence-corrected chi connectivity index (χ2v) is 5.06. The molecule has 1 aliphatic heterocycles. The summed E-state index contributed by atoms with van der Waals surface area (Å²) in [5.74, 6) is -2.04. The lowest BCUT2D eigenvalue weighted by Gasteiger charge is -2.26. The SMILES string of the molecule is CC1=C(C(=O)O)C(Oc2ccccc2OC(F)F)C([N+](=O)[O-])=C(C)N1. The highest BCUT2D eigenvalue weighted by molar-refractivity contribution is 5.90. The van der Waals surface area contributed by atoms with Crippen LogP contribution in [0.4, 0.5) is 8.78 Å². The van der Waals surface area contributed by atoms with Gasteiger partial charge in [-0.05, 0) is 26.0 Å². The van der Waals surface area contributed by atoms with E-state index < -0.39 is 34.9 Å². The first kappa shape index (κ1) is 18.2. The Kier molecular flexibility index (Phi) is 5.20. The van der Waals surface area contributed by atoms with Gasteiger partial charge < -0.3 is 19.9 Å². The number of para-hydroxylation sites is 2. The van der Waals surface area contributed by atoms with Gasteiger partial charge in [0.05, 0.1) is 10.6 Å². The van der Waals surface area contributed by atoms with Crippen molar-refractivity contribution >= 4 is 5.97 Å². The smallest absolute Gasteiger partial charge is 0.387 e. The normalized spacial score (nSPS) is 17.4. The minimum Gasteiger partial charge on any atom is -0.478 e. The summed E-state index contributed by atoms with van der Waals surface area (Å²) in [7, 11) is 0. The number of carboxylic acids is 1. The number of nitro groups is 1. The minimum atomic E-state index is -3.14. The molecule has 2 N–H and O–H groups in total. The first-order valence-corrected chi connectivity index (χ1v) is 6.99. The van der Waals surface area contributed by atoms with Gasteiger partial charge >= 0.3 is 18.3 Å². The third-order valence-corrected chi connectivity index (χ3v) is 3.41. The second-order valence-electron chi connectivity index (χ2n) is 5.06. The molecule has 25 heavy (non-hydrogen) atoms. The van der Waals surface area contributed by atoms with Crippen molar-refractivity contribution in [2.24, 2.45) is 0 Å². The van der Waals surface area contributed by atoms with Crippen LogP contribution in [0.2, 0.25) is 0 Å². The molecule has 1 aromatic rings. The van der Waals surface area contributed by atoms with E-state index in [1.807, 2.05) is 0 Å². The van der Waals surface area contributed by atoms with Crippen molar-refractivity contribution in [1.82, 2.24) is 5.32 Å². The van der Waals surface area contributed by atoms with Gasteiger partial charge in [0.2, 0.25) is 6.10 Å². The standard InChI is InChI=1S/C15H14F2N2O6/c1-7-11(14(20)21)13(12(19(22)23)8(2)18-7)24-9-5-3-4-6-10(9)25-15(16)17/h3-6,13,15,18H,1-2H3,(H,20,21). The third-order valence-electron chi connectivity index (χ3n) is 3.41. The molecule has 0 amide bonds. The maximum Gasteiger partial charge on any atom is 0.387 e. The van der Waals surface area contributed by atoms with Gasteiger partial charge in [-0.15, -0.1) is 0 Å². The zero-order valence-electron chi connectivity index (χ0n) is 13.2. The molecule has 0 aromatic heterocycles. The molecule has 0 saturated heterocycles. The van der Waals surface area contributed by atoms with Crippen LogP contribution in [0.5, 0.6) is 11.5 Å². The highest BCUT2D eigenvalue weighted by Crippen LogP contribution is 2.34. The number of alkyl halides is 2. The van der Waals surface area contributed by atoms with Crippen LogP contribution >= 0.6 is 0 Å². The topological polar surface area (TPSA) is 111 Å². The van der Waals surface area contributed by atoms with E-state index in [-0.39, 0.29) is 22.9 Å². The quantitative estimate of drug-likeness (QED) is 0.595. The Bertz CT molecular complexity index is 739. The average Bonchev–Trinajstić information content (AvgIpc) is 2.47. The Morgan fingerprint density at radius 1 is 1.28 bits per heavy atom. The number of hydrogen-bond acceptors (Lipinski definition) is 6. The van der Waals surface area contributed by atoms with E-state index in [1.165, 1.54) is 38.1 Å². The van der Waals surface area contributed by atoms with Crippen LogP contribution in [0, 0.1) is 10.1 Å². The highest BCUT2D eigenvalue weighted by Gasteiger charge is 2.41. The van der Waals surface area contributed by atoms with Gasteiger partial charge in [-0.2, -0.15) is 8.78 Å². The number of carbonyl (C=O) groups is 1. The maximum absolute atomic E-state index is 12.5. The Hall–Kier alpha value is -3.17. The number of allylic oxidation sites excluding steroid dienone is 2. The maximum atomic E-state index is 12.5. The van der Waals surface area contributed by atoms with Gasteiger partial charge in [0.15, 0.2) is 11.5 Å². The zero-order valence-corrected chi connectivity index (χ0v) is 13.2. The van der Waals surface area contributed by atoms with E-state index in [1.54, 1.807) is 0 Å². The van der Waals surface area contributed by atoms with E-state index in [0.717, 1.165) is 0 Å². The first-order valence-electron chi connectivity index (χ1n) is 6.99. The molecule has 8 nitrogen and oxygen atoms in total. The number of halogens is 2. The van der Waals surface area contributed by atoms with E-state index in [0.29, 0.717) is 0 Å². The van der Waals surface area contributed by atoms with E-state index in [2.05, 4.69) is 10.1 Å². The summed E-state index contributed by atoms with van der Waals surface area (Å²) in [5.41, 5.74) is -0.698. The third kappa shape index (κ3) is 3.84. The molecule has 0 fully saturated rings. The van der Waals surface area contributed by atoms with Crippen LogP contribution in [0.3, 0.4) is 0 Å². The van der Waals surface area contributed by atoms with Gasteiger partial charge in [0, 0.05) is 5.70 Å². The molecule has 0 bridgehead atoms. The van der Waals surface area contributed by atoms with Crippen LogP contribution in [0.1, 0.15) is 13.8 Å². The van der Waals surface area contributed by atoms with Crippen molar-refractivity contribution < 1.29 is 33.1 Å². The Morgan fingerprint density at radius 3 is 2.40 bits per heavy atom. The number of hydrogen-bond donors (Lipinski definition) is 2. The second kappa shape index (κ2) is 7.16. The number of carboxylic acid groups (broad SMARTS) is 1. The van der Waals surface area contributed by atoms with Crippen molar-refractivity contribution in [3.8, 4) is 11.5 Å². The first-order chi connectivity index (χ1) is 11.7. The molecule has 0 aliphatic carbocycles. The fourth-order valence-electron chi connectivity index (χ4n) is 2.43. The monoisotopic (exact) mass is 356 g/mol. The molecule has 0 spiro atoms. The molecule has 134 valence electrons. The summed E-state index contributed by atoms with van der Waals surface area (Å²) in [6, 6.07) is 5.28. The zero-order chi connectivity index (χ0) is 18.7. The van der Waals surface area contributed by atoms with E-state index >= 15 is 0 Å². The summed E-state index contributed by atoms with van der Waals surface area (Å²) in [6.45, 7) is -0.332. The molecule has 1 unspecified atom stereocenters. The molecule has 0 radical (unpaired) electrons. The lowest BCUT2D eigenvalue weighted by Crippen LogP contribution is -2.38. The largest absolute Gasteiger partial charge is 0.478 e. The van der Waals surface area contributed by atoms with Crippen LogP contribution < -0.4 is 14.8 Å². The number of aliphatic carboxylic acids is 1. The van der Waals surface area contributed by atoms with Crippen LogP contribution in [0.25, 0.3) is 0 Å². The molecule has 10 heteroatoms. The number of nitrogens with one attached hydrogen (secondary N) is 1. The molecular weight excluding hydrogens is 342 g/mol. The predicted molar refractivity (Wildman–Crippen MR) is 80.7 cm³/mol. The lowest BCUT2D eigenvalue weighted by molar-refractivity contribution is -0.435. The van der Waals surface area contributed by atoms with Crippen molar-refractivity contribution in [3.63, 3.8) is 0 Å². The number of ether oxygens (including phenoxy) is 2. The van der Waals surface area contributed by atoms with Gasteiger partial charge in [-0.3, -0.25) is 10.1 Å². The van der Waals surface area contributed by atoms with E-state index in [9.17, 15) is 28.8 Å². The van der Waals surface area contributed by atoms with Gasteiger partial charge in [-0.1, -0.05) is 12.1 Å². The number of nitrogens with zero attached hydrogens (tertiary/aromatic N) is 1. The summed E-state index contributed by atoms with van der Waals surface area (Å²) in [4.78, 5) is 22.1. The van der Waals surface area contributed by atoms with Crippen LogP contribution in [0.15, 0.2) is 46.9 Å². The Balaban J connectivity index is 2.51. The van der Waals surface area contributed by atoms with Gasteiger partial charge in [0.1, 0.15) is 5.57 Å². The van der Waals surface area contributed by atoms with Crippen molar-refractivity contribution in [2.75, 3.05) is 0 Å². The fraction of sp³-hybridized carbons (Fsp3) is 0.267. The highest BCUT2D eigenvalue weighted by atomic mass is 19.3. The molecule has 1 atom stereocenters. The molecular formula is C15H14F2N2O6. The molecule has 1 aliphatic rings. The number of benzene rings is 1. The minimum absolute atomic E-state index is 0.0877. The average molecular weight is 356 g/mol. The summed E-state index contributed by atoms with van der Waals surface area (Å²) < 4.78 is 34.8. The van der Waals surface area contributed by atoms with Crippen molar-refractivity contribution in [1.29, 1.82) is 0 Å². The van der Waals surface area contributed by atoms with Crippen molar-refractivity contribution in [2.45, 2.75) is 26.6 Å².